The number of ether oxygens (including phenoxy) is 2. The molecule has 8 nitrogen and oxygen atoms in total. The van der Waals surface area contributed by atoms with E-state index in [-0.39, 0.29) is 18.9 Å². The molecule has 1 aliphatic heterocycles. The third kappa shape index (κ3) is 5.46. The fourth-order valence-corrected chi connectivity index (χ4v) is 3.31. The molecule has 0 atom stereocenters. The number of hydrogen-bond acceptors (Lipinski definition) is 6. The van der Waals surface area contributed by atoms with Crippen LogP contribution < -0.4 is 20.3 Å². The zero-order valence-electron chi connectivity index (χ0n) is 18.7. The summed E-state index contributed by atoms with van der Waals surface area (Å²) in [7, 11) is 1.29. The number of methoxy groups -OCH3 is 1. The molecule has 0 bridgehead atoms. The van der Waals surface area contributed by atoms with Crippen molar-refractivity contribution in [1.82, 2.24) is 0 Å². The molecule has 2 aromatic carbocycles. The SMILES string of the molecule is CCOc1ccc(NC(=O)CN2C(=O)C=C(CC(=O)OC)Nc3cc(C)c(C)cc32)cc1. The third-order valence-electron chi connectivity index (χ3n) is 5.08. The molecular weight excluding hydrogens is 410 g/mol. The van der Waals surface area contributed by atoms with Crippen molar-refractivity contribution in [3.8, 4) is 5.75 Å². The van der Waals surface area contributed by atoms with Gasteiger partial charge in [0, 0.05) is 17.5 Å². The number of amides is 2. The van der Waals surface area contributed by atoms with E-state index in [2.05, 4.69) is 10.6 Å². The maximum atomic E-state index is 13.0. The number of nitrogens with zero attached hydrogens (tertiary/aromatic N) is 1. The second-order valence-electron chi connectivity index (χ2n) is 7.43. The first-order valence-electron chi connectivity index (χ1n) is 10.3. The molecule has 1 heterocycles. The second kappa shape index (κ2) is 10.00. The Morgan fingerprint density at radius 3 is 2.44 bits per heavy atom. The number of esters is 1. The summed E-state index contributed by atoms with van der Waals surface area (Å²) in [6.45, 7) is 6.16. The molecule has 0 aromatic heterocycles. The number of carbonyl (C=O) groups is 3. The maximum absolute atomic E-state index is 13.0. The zero-order valence-corrected chi connectivity index (χ0v) is 18.7. The molecule has 0 unspecified atom stereocenters. The highest BCUT2D eigenvalue weighted by molar-refractivity contribution is 6.10. The Balaban J connectivity index is 1.85. The fourth-order valence-electron chi connectivity index (χ4n) is 3.31. The number of carbonyl (C=O) groups excluding carboxylic acids is 3. The van der Waals surface area contributed by atoms with Crippen LogP contribution in [0.3, 0.4) is 0 Å². The topological polar surface area (TPSA) is 97.0 Å². The molecule has 3 rings (SSSR count). The third-order valence-corrected chi connectivity index (χ3v) is 5.08. The lowest BCUT2D eigenvalue weighted by molar-refractivity contribution is -0.139. The number of nitrogens with one attached hydrogen (secondary N) is 2. The van der Waals surface area contributed by atoms with Crippen LogP contribution >= 0.6 is 0 Å². The van der Waals surface area contributed by atoms with E-state index < -0.39 is 11.9 Å². The molecule has 8 heteroatoms. The van der Waals surface area contributed by atoms with Gasteiger partial charge in [0.15, 0.2) is 0 Å². The van der Waals surface area contributed by atoms with E-state index in [0.717, 1.165) is 11.1 Å². The van der Waals surface area contributed by atoms with Gasteiger partial charge in [0.25, 0.3) is 5.91 Å². The smallest absolute Gasteiger partial charge is 0.311 e. The summed E-state index contributed by atoms with van der Waals surface area (Å²) in [6, 6.07) is 10.8. The molecule has 2 N–H and O–H groups in total. The molecule has 0 fully saturated rings. The first-order chi connectivity index (χ1) is 15.3. The summed E-state index contributed by atoms with van der Waals surface area (Å²) < 4.78 is 10.1. The fraction of sp³-hybridized carbons (Fsp3) is 0.292. The average molecular weight is 437 g/mol. The monoisotopic (exact) mass is 437 g/mol. The van der Waals surface area contributed by atoms with Crippen LogP contribution in [-0.2, 0) is 19.1 Å². The molecule has 0 saturated carbocycles. The van der Waals surface area contributed by atoms with Crippen molar-refractivity contribution in [1.29, 1.82) is 0 Å². The van der Waals surface area contributed by atoms with E-state index in [4.69, 9.17) is 9.47 Å². The van der Waals surface area contributed by atoms with Crippen molar-refractivity contribution in [2.75, 3.05) is 35.8 Å². The van der Waals surface area contributed by atoms with Gasteiger partial charge in [-0.15, -0.1) is 0 Å². The van der Waals surface area contributed by atoms with Crippen LogP contribution in [0.15, 0.2) is 48.2 Å². The van der Waals surface area contributed by atoms with E-state index in [9.17, 15) is 14.4 Å². The standard InChI is InChI=1S/C24H27N3O5/c1-5-32-19-8-6-17(7-9-19)26-22(28)14-27-21-11-16(3)15(2)10-20(21)25-18(12-23(27)29)13-24(30)31-4/h6-12,25H,5,13-14H2,1-4H3,(H,26,28). The van der Waals surface area contributed by atoms with Crippen LogP contribution in [0.2, 0.25) is 0 Å². The number of rotatable bonds is 7. The van der Waals surface area contributed by atoms with Crippen molar-refractivity contribution in [3.63, 3.8) is 0 Å². The summed E-state index contributed by atoms with van der Waals surface area (Å²) in [5.41, 5.74) is 4.20. The van der Waals surface area contributed by atoms with Gasteiger partial charge in [-0.2, -0.15) is 0 Å². The molecule has 0 spiro atoms. The maximum Gasteiger partial charge on any atom is 0.311 e. The first kappa shape index (κ1) is 22.9. The number of anilines is 3. The van der Waals surface area contributed by atoms with Crippen molar-refractivity contribution in [3.05, 3.63) is 59.3 Å². The molecule has 0 radical (unpaired) electrons. The Kier molecular flexibility index (Phi) is 7.14. The number of benzene rings is 2. The molecule has 168 valence electrons. The average Bonchev–Trinajstić information content (AvgIpc) is 2.86. The van der Waals surface area contributed by atoms with E-state index in [0.29, 0.717) is 35.1 Å². The van der Waals surface area contributed by atoms with E-state index in [1.54, 1.807) is 24.3 Å². The Hall–Kier alpha value is -3.81. The normalized spacial score (nSPS) is 12.8. The van der Waals surface area contributed by atoms with E-state index >= 15 is 0 Å². The quantitative estimate of drug-likeness (QED) is 0.643. The van der Waals surface area contributed by atoms with Crippen LogP contribution in [0, 0.1) is 13.8 Å². The van der Waals surface area contributed by atoms with Crippen LogP contribution in [-0.4, -0.2) is 38.0 Å². The van der Waals surface area contributed by atoms with Gasteiger partial charge in [-0.05, 0) is 68.3 Å². The summed E-state index contributed by atoms with van der Waals surface area (Å²) in [6.07, 6.45) is 1.24. The Morgan fingerprint density at radius 1 is 1.09 bits per heavy atom. The Bertz CT molecular complexity index is 1060. The van der Waals surface area contributed by atoms with Crippen molar-refractivity contribution in [2.45, 2.75) is 27.2 Å². The predicted octanol–water partition coefficient (Wildman–Crippen LogP) is 3.55. The lowest BCUT2D eigenvalue weighted by Gasteiger charge is -2.23. The molecule has 32 heavy (non-hydrogen) atoms. The molecule has 1 aliphatic rings. The zero-order chi connectivity index (χ0) is 23.3. The Labute approximate surface area is 187 Å². The molecule has 0 saturated heterocycles. The van der Waals surface area contributed by atoms with Crippen LogP contribution in [0.5, 0.6) is 5.75 Å². The lowest BCUT2D eigenvalue weighted by Crippen LogP contribution is -2.37. The van der Waals surface area contributed by atoms with Crippen molar-refractivity contribution in [2.24, 2.45) is 0 Å². The minimum Gasteiger partial charge on any atom is -0.494 e. The van der Waals surface area contributed by atoms with Gasteiger partial charge in [0.1, 0.15) is 12.3 Å². The molecule has 2 amide bonds. The van der Waals surface area contributed by atoms with Crippen LogP contribution in [0.25, 0.3) is 0 Å². The Morgan fingerprint density at radius 2 is 1.78 bits per heavy atom. The highest BCUT2D eigenvalue weighted by atomic mass is 16.5. The van der Waals surface area contributed by atoms with Gasteiger partial charge in [-0.1, -0.05) is 0 Å². The van der Waals surface area contributed by atoms with Gasteiger partial charge in [-0.3, -0.25) is 19.3 Å². The van der Waals surface area contributed by atoms with Gasteiger partial charge < -0.3 is 20.1 Å². The van der Waals surface area contributed by atoms with Crippen molar-refractivity contribution >= 4 is 34.8 Å². The van der Waals surface area contributed by atoms with Gasteiger partial charge in [0.05, 0.1) is 31.5 Å². The lowest BCUT2D eigenvalue weighted by atomic mass is 10.1. The number of aryl methyl sites for hydroxylation is 2. The first-order valence-corrected chi connectivity index (χ1v) is 10.3. The minimum absolute atomic E-state index is 0.0825. The molecule has 0 aliphatic carbocycles. The van der Waals surface area contributed by atoms with Crippen molar-refractivity contribution < 1.29 is 23.9 Å². The predicted molar refractivity (Wildman–Crippen MR) is 123 cm³/mol. The number of fused-ring (bicyclic) bond motifs is 1. The summed E-state index contributed by atoms with van der Waals surface area (Å²) in [5.74, 6) is -0.511. The summed E-state index contributed by atoms with van der Waals surface area (Å²) in [5, 5.41) is 5.95. The minimum atomic E-state index is -0.469. The van der Waals surface area contributed by atoms with Gasteiger partial charge in [-0.25, -0.2) is 0 Å². The van der Waals surface area contributed by atoms with Gasteiger partial charge >= 0.3 is 5.97 Å². The molecule has 2 aromatic rings. The van der Waals surface area contributed by atoms with E-state index in [1.165, 1.54) is 18.1 Å². The number of hydrogen-bond donors (Lipinski definition) is 2. The highest BCUT2D eigenvalue weighted by Crippen LogP contribution is 2.33. The van der Waals surface area contributed by atoms with Crippen LogP contribution in [0.1, 0.15) is 24.5 Å². The summed E-state index contributed by atoms with van der Waals surface area (Å²) >= 11 is 0. The molecular formula is C24H27N3O5. The van der Waals surface area contributed by atoms with Gasteiger partial charge in [0.2, 0.25) is 5.91 Å². The van der Waals surface area contributed by atoms with E-state index in [1.807, 2.05) is 32.9 Å². The second-order valence-corrected chi connectivity index (χ2v) is 7.43. The highest BCUT2D eigenvalue weighted by Gasteiger charge is 2.26. The largest absolute Gasteiger partial charge is 0.494 e. The van der Waals surface area contributed by atoms with Crippen LogP contribution in [0.4, 0.5) is 17.1 Å². The summed E-state index contributed by atoms with van der Waals surface area (Å²) in [4.78, 5) is 38.9.